The lowest BCUT2D eigenvalue weighted by atomic mass is 10.1. The minimum absolute atomic E-state index is 0. The van der Waals surface area contributed by atoms with E-state index in [4.69, 9.17) is 4.42 Å². The predicted molar refractivity (Wildman–Crippen MR) is 125 cm³/mol. The third-order valence-electron chi connectivity index (χ3n) is 4.95. The molecule has 1 aliphatic rings. The second-order valence-corrected chi connectivity index (χ2v) is 7.08. The molecule has 0 unspecified atom stereocenters. The summed E-state index contributed by atoms with van der Waals surface area (Å²) in [7, 11) is 3.99. The van der Waals surface area contributed by atoms with Crippen molar-refractivity contribution in [3.05, 3.63) is 59.5 Å². The van der Waals surface area contributed by atoms with E-state index < -0.39 is 0 Å². The number of hydrogen-bond donors (Lipinski definition) is 2. The standard InChI is InChI=1S/C21H31N5O.HI/c1-22-21(23-10-9-20-4-3-15-27-20)24-16-18-5-7-19(8-6-18)17-26-13-11-25(2)12-14-26;/h3-8,15H,9-14,16-17H2,1-2H3,(H2,22,23,24);1H. The van der Waals surface area contributed by atoms with Gasteiger partial charge < -0.3 is 20.0 Å². The van der Waals surface area contributed by atoms with Crippen LogP contribution in [0.1, 0.15) is 16.9 Å². The average molecular weight is 497 g/mol. The van der Waals surface area contributed by atoms with Gasteiger partial charge in [0, 0.05) is 59.3 Å². The van der Waals surface area contributed by atoms with Gasteiger partial charge in [0.1, 0.15) is 5.76 Å². The van der Waals surface area contributed by atoms with Gasteiger partial charge in [-0.25, -0.2) is 0 Å². The summed E-state index contributed by atoms with van der Waals surface area (Å²) < 4.78 is 5.34. The second kappa shape index (κ2) is 12.1. The largest absolute Gasteiger partial charge is 0.469 e. The van der Waals surface area contributed by atoms with Crippen molar-refractivity contribution >= 4 is 29.9 Å². The Kier molecular flexibility index (Phi) is 9.80. The highest BCUT2D eigenvalue weighted by Gasteiger charge is 2.13. The van der Waals surface area contributed by atoms with Gasteiger partial charge in [-0.1, -0.05) is 24.3 Å². The molecule has 0 saturated carbocycles. The van der Waals surface area contributed by atoms with Crippen molar-refractivity contribution in [3.8, 4) is 0 Å². The Morgan fingerprint density at radius 2 is 1.75 bits per heavy atom. The van der Waals surface area contributed by atoms with E-state index in [-0.39, 0.29) is 24.0 Å². The van der Waals surface area contributed by atoms with E-state index in [9.17, 15) is 0 Å². The Bertz CT molecular complexity index is 694. The fourth-order valence-electron chi connectivity index (χ4n) is 3.19. The summed E-state index contributed by atoms with van der Waals surface area (Å²) >= 11 is 0. The molecule has 1 fully saturated rings. The molecule has 6 nitrogen and oxygen atoms in total. The van der Waals surface area contributed by atoms with Crippen molar-refractivity contribution in [1.29, 1.82) is 0 Å². The number of guanidine groups is 1. The number of hydrogen-bond acceptors (Lipinski definition) is 4. The van der Waals surface area contributed by atoms with Crippen LogP contribution in [-0.4, -0.2) is 62.6 Å². The quantitative estimate of drug-likeness (QED) is 0.350. The highest BCUT2D eigenvalue weighted by Crippen LogP contribution is 2.09. The average Bonchev–Trinajstić information content (AvgIpc) is 3.21. The summed E-state index contributed by atoms with van der Waals surface area (Å²) in [6, 6.07) is 12.8. The SMILES string of the molecule is CN=C(NCCc1ccco1)NCc1ccc(CN2CCN(C)CC2)cc1.I. The van der Waals surface area contributed by atoms with Crippen molar-refractivity contribution in [3.63, 3.8) is 0 Å². The lowest BCUT2D eigenvalue weighted by molar-refractivity contribution is 0.148. The van der Waals surface area contributed by atoms with Crippen molar-refractivity contribution in [2.24, 2.45) is 4.99 Å². The van der Waals surface area contributed by atoms with Crippen LogP contribution in [0.3, 0.4) is 0 Å². The van der Waals surface area contributed by atoms with Crippen LogP contribution in [0.15, 0.2) is 52.1 Å². The third-order valence-corrected chi connectivity index (χ3v) is 4.95. The third kappa shape index (κ3) is 7.44. The number of benzene rings is 1. The summed E-state index contributed by atoms with van der Waals surface area (Å²) in [6.45, 7) is 7.21. The number of furan rings is 1. The van der Waals surface area contributed by atoms with Gasteiger partial charge in [-0.2, -0.15) is 0 Å². The molecule has 0 amide bonds. The van der Waals surface area contributed by atoms with E-state index in [1.165, 1.54) is 11.1 Å². The van der Waals surface area contributed by atoms with Crippen molar-refractivity contribution < 1.29 is 4.42 Å². The second-order valence-electron chi connectivity index (χ2n) is 7.08. The van der Waals surface area contributed by atoms with Crippen LogP contribution in [0.5, 0.6) is 0 Å². The topological polar surface area (TPSA) is 56.0 Å². The molecule has 0 aliphatic carbocycles. The number of likely N-dealkylation sites (N-methyl/N-ethyl adjacent to an activating group) is 1. The van der Waals surface area contributed by atoms with Crippen LogP contribution in [0.25, 0.3) is 0 Å². The molecule has 0 bridgehead atoms. The molecule has 1 aliphatic heterocycles. The van der Waals surface area contributed by atoms with Crippen LogP contribution in [-0.2, 0) is 19.5 Å². The summed E-state index contributed by atoms with van der Waals surface area (Å²) in [6.07, 6.45) is 2.55. The molecule has 2 heterocycles. The van der Waals surface area contributed by atoms with Crippen LogP contribution < -0.4 is 10.6 Å². The van der Waals surface area contributed by atoms with Crippen LogP contribution in [0, 0.1) is 0 Å². The predicted octanol–water partition coefficient (Wildman–Crippen LogP) is 2.55. The normalized spacial score (nSPS) is 15.9. The van der Waals surface area contributed by atoms with E-state index in [1.54, 1.807) is 13.3 Å². The first-order valence-electron chi connectivity index (χ1n) is 9.68. The molecule has 1 saturated heterocycles. The van der Waals surface area contributed by atoms with Gasteiger partial charge in [0.2, 0.25) is 0 Å². The minimum Gasteiger partial charge on any atom is -0.469 e. The molecule has 0 atom stereocenters. The molecule has 28 heavy (non-hydrogen) atoms. The molecule has 2 N–H and O–H groups in total. The fraction of sp³-hybridized carbons (Fsp3) is 0.476. The van der Waals surface area contributed by atoms with Crippen LogP contribution in [0.4, 0.5) is 0 Å². The number of halogens is 1. The summed E-state index contributed by atoms with van der Waals surface area (Å²) in [5, 5.41) is 6.68. The van der Waals surface area contributed by atoms with E-state index in [2.05, 4.69) is 56.7 Å². The maximum absolute atomic E-state index is 5.34. The summed E-state index contributed by atoms with van der Waals surface area (Å²) in [5.74, 6) is 1.79. The Labute approximate surface area is 185 Å². The first-order valence-corrected chi connectivity index (χ1v) is 9.68. The number of nitrogens with one attached hydrogen (secondary N) is 2. The van der Waals surface area contributed by atoms with Gasteiger partial charge in [0.25, 0.3) is 0 Å². The lowest BCUT2D eigenvalue weighted by Gasteiger charge is -2.32. The molecule has 1 aromatic carbocycles. The monoisotopic (exact) mass is 497 g/mol. The van der Waals surface area contributed by atoms with Gasteiger partial charge in [-0.05, 0) is 30.3 Å². The van der Waals surface area contributed by atoms with E-state index in [1.807, 2.05) is 12.1 Å². The zero-order valence-electron chi connectivity index (χ0n) is 16.9. The number of nitrogens with zero attached hydrogens (tertiary/aromatic N) is 3. The van der Waals surface area contributed by atoms with Crippen molar-refractivity contribution in [2.75, 3.05) is 46.8 Å². The molecule has 1 aromatic heterocycles. The molecule has 154 valence electrons. The Hall–Kier alpha value is -1.58. The van der Waals surface area contributed by atoms with Crippen molar-refractivity contribution in [2.45, 2.75) is 19.5 Å². The van der Waals surface area contributed by atoms with Gasteiger partial charge >= 0.3 is 0 Å². The van der Waals surface area contributed by atoms with Crippen molar-refractivity contribution in [1.82, 2.24) is 20.4 Å². The lowest BCUT2D eigenvalue weighted by Crippen LogP contribution is -2.43. The Morgan fingerprint density at radius 1 is 1.04 bits per heavy atom. The molecule has 7 heteroatoms. The number of piperazine rings is 1. The highest BCUT2D eigenvalue weighted by molar-refractivity contribution is 14.0. The zero-order valence-corrected chi connectivity index (χ0v) is 19.2. The molecule has 0 spiro atoms. The summed E-state index contributed by atoms with van der Waals surface area (Å²) in [4.78, 5) is 9.19. The van der Waals surface area contributed by atoms with Gasteiger partial charge in [-0.3, -0.25) is 9.89 Å². The van der Waals surface area contributed by atoms with Crippen LogP contribution in [0.2, 0.25) is 0 Å². The van der Waals surface area contributed by atoms with E-state index in [0.717, 1.165) is 64.0 Å². The first-order chi connectivity index (χ1) is 13.2. The molecular weight excluding hydrogens is 465 g/mol. The maximum atomic E-state index is 5.34. The van der Waals surface area contributed by atoms with Gasteiger partial charge in [0.05, 0.1) is 6.26 Å². The first kappa shape index (κ1) is 22.7. The van der Waals surface area contributed by atoms with E-state index in [0.29, 0.717) is 0 Å². The highest BCUT2D eigenvalue weighted by atomic mass is 127. The van der Waals surface area contributed by atoms with E-state index >= 15 is 0 Å². The maximum Gasteiger partial charge on any atom is 0.191 e. The molecule has 3 rings (SSSR count). The molecular formula is C21H32IN5O. The summed E-state index contributed by atoms with van der Waals surface area (Å²) in [5.41, 5.74) is 2.63. The Balaban J connectivity index is 0.00000280. The molecule has 0 radical (unpaired) electrons. The smallest absolute Gasteiger partial charge is 0.191 e. The number of rotatable bonds is 7. The van der Waals surface area contributed by atoms with Crippen LogP contribution >= 0.6 is 24.0 Å². The minimum atomic E-state index is 0. The fourth-order valence-corrected chi connectivity index (χ4v) is 3.19. The number of aliphatic imine (C=N–C) groups is 1. The van der Waals surface area contributed by atoms with Gasteiger partial charge in [-0.15, -0.1) is 24.0 Å². The Morgan fingerprint density at radius 3 is 2.39 bits per heavy atom. The molecule has 2 aromatic rings. The van der Waals surface area contributed by atoms with Gasteiger partial charge in [0.15, 0.2) is 5.96 Å². The zero-order chi connectivity index (χ0) is 18.9.